The number of aromatic nitrogens is 1. The lowest BCUT2D eigenvalue weighted by Gasteiger charge is -2.26. The number of carbonyl (C=O) groups excluding carboxylic acids is 1. The van der Waals surface area contributed by atoms with Crippen molar-refractivity contribution in [1.29, 1.82) is 0 Å². The largest absolute Gasteiger partial charge is 0.495 e. The van der Waals surface area contributed by atoms with Gasteiger partial charge in [0.05, 0.1) is 13.3 Å². The van der Waals surface area contributed by atoms with Crippen LogP contribution in [0.25, 0.3) is 0 Å². The number of rotatable bonds is 4. The van der Waals surface area contributed by atoms with E-state index in [4.69, 9.17) is 4.74 Å². The van der Waals surface area contributed by atoms with Crippen LogP contribution in [0.3, 0.4) is 0 Å². The minimum Gasteiger partial charge on any atom is -0.495 e. The maximum Gasteiger partial charge on any atom is 0.164 e. The molecule has 0 saturated heterocycles. The fourth-order valence-electron chi connectivity index (χ4n) is 1.39. The zero-order valence-electron chi connectivity index (χ0n) is 11.3. The standard InChI is InChI=1S/C14H21NO2/c1-10(14(2,3)4)6-13(16)11-7-12(17-5)9-15-8-11/h7-10H,6H2,1-5H3. The van der Waals surface area contributed by atoms with Crippen molar-refractivity contribution in [2.75, 3.05) is 7.11 Å². The highest BCUT2D eigenvalue weighted by atomic mass is 16.5. The molecule has 0 spiro atoms. The van der Waals surface area contributed by atoms with Crippen LogP contribution in [0.1, 0.15) is 44.5 Å². The first kappa shape index (κ1) is 13.7. The van der Waals surface area contributed by atoms with Crippen LogP contribution in [0.4, 0.5) is 0 Å². The molecule has 0 aromatic carbocycles. The third kappa shape index (κ3) is 3.84. The molecule has 0 saturated carbocycles. The van der Waals surface area contributed by atoms with Crippen LogP contribution in [0, 0.1) is 11.3 Å². The van der Waals surface area contributed by atoms with E-state index in [9.17, 15) is 4.79 Å². The summed E-state index contributed by atoms with van der Waals surface area (Å²) in [6.45, 7) is 8.55. The summed E-state index contributed by atoms with van der Waals surface area (Å²) in [7, 11) is 1.57. The van der Waals surface area contributed by atoms with Crippen LogP contribution in [0.15, 0.2) is 18.5 Å². The number of carbonyl (C=O) groups is 1. The Morgan fingerprint density at radius 2 is 2.06 bits per heavy atom. The molecular weight excluding hydrogens is 214 g/mol. The maximum atomic E-state index is 12.1. The van der Waals surface area contributed by atoms with Gasteiger partial charge in [-0.2, -0.15) is 0 Å². The Labute approximate surface area is 103 Å². The van der Waals surface area contributed by atoms with E-state index in [-0.39, 0.29) is 11.2 Å². The molecular formula is C14H21NO2. The van der Waals surface area contributed by atoms with Crippen LogP contribution in [0.2, 0.25) is 0 Å². The number of nitrogens with zero attached hydrogens (tertiary/aromatic N) is 1. The van der Waals surface area contributed by atoms with Crippen LogP contribution in [-0.4, -0.2) is 17.9 Å². The van der Waals surface area contributed by atoms with E-state index >= 15 is 0 Å². The van der Waals surface area contributed by atoms with E-state index in [0.29, 0.717) is 23.7 Å². The van der Waals surface area contributed by atoms with Crippen molar-refractivity contribution in [2.45, 2.75) is 34.1 Å². The van der Waals surface area contributed by atoms with E-state index in [1.807, 2.05) is 0 Å². The van der Waals surface area contributed by atoms with Gasteiger partial charge in [-0.05, 0) is 17.4 Å². The summed E-state index contributed by atoms with van der Waals surface area (Å²) in [5.41, 5.74) is 0.766. The second kappa shape index (κ2) is 5.30. The number of Topliss-reactive ketones (excluding diaryl/α,β-unsaturated/α-hetero) is 1. The number of methoxy groups -OCH3 is 1. The van der Waals surface area contributed by atoms with Crippen LogP contribution < -0.4 is 4.74 Å². The normalized spacial score (nSPS) is 13.2. The molecule has 3 heteroatoms. The SMILES string of the molecule is COc1cncc(C(=O)CC(C)C(C)(C)C)c1. The third-order valence-corrected chi connectivity index (χ3v) is 3.24. The Morgan fingerprint density at radius 1 is 1.41 bits per heavy atom. The average molecular weight is 235 g/mol. The molecule has 0 aliphatic carbocycles. The van der Waals surface area contributed by atoms with Crippen LogP contribution >= 0.6 is 0 Å². The molecule has 0 aliphatic heterocycles. The quantitative estimate of drug-likeness (QED) is 0.751. The molecule has 1 unspecified atom stereocenters. The predicted octanol–water partition coefficient (Wildman–Crippen LogP) is 3.35. The number of hydrogen-bond acceptors (Lipinski definition) is 3. The topological polar surface area (TPSA) is 39.2 Å². The predicted molar refractivity (Wildman–Crippen MR) is 68.4 cm³/mol. The fourth-order valence-corrected chi connectivity index (χ4v) is 1.39. The van der Waals surface area contributed by atoms with Crippen molar-refractivity contribution in [1.82, 2.24) is 4.98 Å². The Balaban J connectivity index is 2.76. The first-order valence-corrected chi connectivity index (χ1v) is 5.87. The number of hydrogen-bond donors (Lipinski definition) is 0. The fraction of sp³-hybridized carbons (Fsp3) is 0.571. The zero-order valence-corrected chi connectivity index (χ0v) is 11.3. The summed E-state index contributed by atoms with van der Waals surface area (Å²) in [6, 6.07) is 1.74. The molecule has 0 bridgehead atoms. The van der Waals surface area contributed by atoms with E-state index < -0.39 is 0 Å². The molecule has 1 rings (SSSR count). The van der Waals surface area contributed by atoms with Gasteiger partial charge in [-0.25, -0.2) is 0 Å². The van der Waals surface area contributed by atoms with Gasteiger partial charge in [-0.15, -0.1) is 0 Å². The van der Waals surface area contributed by atoms with Gasteiger partial charge >= 0.3 is 0 Å². The van der Waals surface area contributed by atoms with Gasteiger partial charge in [0.1, 0.15) is 5.75 Å². The molecule has 0 aliphatic rings. The monoisotopic (exact) mass is 235 g/mol. The van der Waals surface area contributed by atoms with Crippen molar-refractivity contribution in [3.8, 4) is 5.75 Å². The number of ketones is 1. The van der Waals surface area contributed by atoms with Crippen LogP contribution in [-0.2, 0) is 0 Å². The summed E-state index contributed by atoms with van der Waals surface area (Å²) in [5, 5.41) is 0. The van der Waals surface area contributed by atoms with Gasteiger partial charge in [0.2, 0.25) is 0 Å². The molecule has 3 nitrogen and oxygen atoms in total. The molecule has 94 valence electrons. The number of pyridine rings is 1. The van der Waals surface area contributed by atoms with E-state index in [0.717, 1.165) is 0 Å². The van der Waals surface area contributed by atoms with Crippen molar-refractivity contribution >= 4 is 5.78 Å². The van der Waals surface area contributed by atoms with Crippen molar-refractivity contribution in [3.05, 3.63) is 24.0 Å². The average Bonchev–Trinajstić information content (AvgIpc) is 2.27. The van der Waals surface area contributed by atoms with E-state index in [1.165, 1.54) is 0 Å². The molecule has 1 heterocycles. The summed E-state index contributed by atoms with van der Waals surface area (Å²) < 4.78 is 5.06. The number of ether oxygens (including phenoxy) is 1. The van der Waals surface area contributed by atoms with Gasteiger partial charge < -0.3 is 4.74 Å². The Kier molecular flexibility index (Phi) is 4.27. The summed E-state index contributed by atoms with van der Waals surface area (Å²) in [5.74, 6) is 1.08. The molecule has 1 aromatic rings. The van der Waals surface area contributed by atoms with Gasteiger partial charge in [0.25, 0.3) is 0 Å². The minimum absolute atomic E-state index is 0.124. The van der Waals surface area contributed by atoms with Crippen molar-refractivity contribution in [3.63, 3.8) is 0 Å². The van der Waals surface area contributed by atoms with Crippen LogP contribution in [0.5, 0.6) is 5.75 Å². The Morgan fingerprint density at radius 3 is 2.59 bits per heavy atom. The van der Waals surface area contributed by atoms with E-state index in [1.54, 1.807) is 25.6 Å². The molecule has 0 fully saturated rings. The second-order valence-corrected chi connectivity index (χ2v) is 5.51. The highest BCUT2D eigenvalue weighted by Crippen LogP contribution is 2.29. The van der Waals surface area contributed by atoms with Crippen molar-refractivity contribution < 1.29 is 9.53 Å². The van der Waals surface area contributed by atoms with Gasteiger partial charge in [0.15, 0.2) is 5.78 Å². The Hall–Kier alpha value is -1.38. The molecule has 1 aromatic heterocycles. The summed E-state index contributed by atoms with van der Waals surface area (Å²) in [4.78, 5) is 16.1. The van der Waals surface area contributed by atoms with Gasteiger partial charge in [0, 0.05) is 18.2 Å². The first-order valence-electron chi connectivity index (χ1n) is 5.87. The van der Waals surface area contributed by atoms with Crippen molar-refractivity contribution in [2.24, 2.45) is 11.3 Å². The summed E-state index contributed by atoms with van der Waals surface area (Å²) in [6.07, 6.45) is 3.74. The maximum absolute atomic E-state index is 12.1. The smallest absolute Gasteiger partial charge is 0.164 e. The van der Waals surface area contributed by atoms with Gasteiger partial charge in [-0.1, -0.05) is 27.7 Å². The molecule has 0 N–H and O–H groups in total. The molecule has 0 radical (unpaired) electrons. The molecule has 1 atom stereocenters. The van der Waals surface area contributed by atoms with E-state index in [2.05, 4.69) is 32.7 Å². The van der Waals surface area contributed by atoms with Gasteiger partial charge in [-0.3, -0.25) is 9.78 Å². The Bertz CT molecular complexity index is 393. The second-order valence-electron chi connectivity index (χ2n) is 5.51. The lowest BCUT2D eigenvalue weighted by Crippen LogP contribution is -2.20. The molecule has 0 amide bonds. The summed E-state index contributed by atoms with van der Waals surface area (Å²) >= 11 is 0. The lowest BCUT2D eigenvalue weighted by molar-refractivity contribution is 0.0926. The molecule has 17 heavy (non-hydrogen) atoms. The first-order chi connectivity index (χ1) is 7.84. The zero-order chi connectivity index (χ0) is 13.1. The lowest BCUT2D eigenvalue weighted by atomic mass is 9.79. The highest BCUT2D eigenvalue weighted by Gasteiger charge is 2.23. The highest BCUT2D eigenvalue weighted by molar-refractivity contribution is 5.96. The third-order valence-electron chi connectivity index (χ3n) is 3.24. The minimum atomic E-state index is 0.124.